The molecule has 1 aromatic carbocycles. The van der Waals surface area contributed by atoms with E-state index in [1.54, 1.807) is 18.2 Å². The minimum absolute atomic E-state index is 0.243. The first kappa shape index (κ1) is 15.0. The number of amides is 1. The number of nitrogen functional groups attached to an aromatic ring is 1. The van der Waals surface area contributed by atoms with Gasteiger partial charge in [-0.05, 0) is 56.1 Å². The molecule has 0 aliphatic heterocycles. The third-order valence-corrected chi connectivity index (χ3v) is 3.70. The molecule has 20 heavy (non-hydrogen) atoms. The van der Waals surface area contributed by atoms with Crippen LogP contribution < -0.4 is 16.0 Å². The van der Waals surface area contributed by atoms with Crippen LogP contribution in [0.2, 0.25) is 0 Å². The number of nitrogens with zero attached hydrogens (tertiary/aromatic N) is 1. The number of aromatic nitrogens is 1. The number of para-hydroxylation sites is 1. The highest BCUT2D eigenvalue weighted by Crippen LogP contribution is 2.33. The predicted octanol–water partition coefficient (Wildman–Crippen LogP) is 2.79. The summed E-state index contributed by atoms with van der Waals surface area (Å²) in [7, 11) is 0. The number of nitrogens with one attached hydrogen (secondary N) is 1. The number of hydrogen-bond donors (Lipinski definition) is 2. The highest BCUT2D eigenvalue weighted by atomic mass is 79.9. The van der Waals surface area contributed by atoms with Crippen molar-refractivity contribution in [1.29, 1.82) is 0 Å². The maximum atomic E-state index is 11.4. The van der Waals surface area contributed by atoms with E-state index >= 15 is 0 Å². The number of hydrogen-bond acceptors (Lipinski definition) is 4. The number of benzene rings is 1. The van der Waals surface area contributed by atoms with Crippen LogP contribution in [-0.4, -0.2) is 10.9 Å². The second kappa shape index (κ2) is 6.83. The van der Waals surface area contributed by atoms with Gasteiger partial charge in [-0.25, -0.2) is 10.8 Å². The third-order valence-electron chi connectivity index (χ3n) is 2.45. The fourth-order valence-corrected chi connectivity index (χ4v) is 2.75. The van der Waals surface area contributed by atoms with Crippen molar-refractivity contribution in [3.05, 3.63) is 56.7 Å². The maximum absolute atomic E-state index is 11.4. The lowest BCUT2D eigenvalue weighted by Gasteiger charge is -2.10. The van der Waals surface area contributed by atoms with Crippen molar-refractivity contribution in [2.24, 2.45) is 5.84 Å². The minimum Gasteiger partial charge on any atom is -0.485 e. The number of carbonyl (C=O) groups is 1. The van der Waals surface area contributed by atoms with Crippen LogP contribution in [0.15, 0.2) is 45.3 Å². The van der Waals surface area contributed by atoms with Crippen LogP contribution in [0.1, 0.15) is 16.2 Å². The van der Waals surface area contributed by atoms with E-state index in [4.69, 9.17) is 10.6 Å². The molecule has 0 fully saturated rings. The Bertz CT molecular complexity index is 615. The van der Waals surface area contributed by atoms with E-state index in [1.807, 2.05) is 23.6 Å². The monoisotopic (exact) mass is 399 g/mol. The molecule has 0 atom stereocenters. The maximum Gasteiger partial charge on any atom is 0.283 e. The SMILES string of the molecule is NNC(=O)c1cccc(COc2c(Br)cccc2Br)n1. The topological polar surface area (TPSA) is 77.2 Å². The standard InChI is InChI=1S/C13H11Br2N3O2/c14-9-4-2-5-10(15)12(9)20-7-8-3-1-6-11(17-8)13(19)18-16/h1-6H,7,16H2,(H,18,19). The molecule has 0 aliphatic carbocycles. The second-order valence-corrected chi connectivity index (χ2v) is 5.54. The molecule has 0 aliphatic rings. The van der Waals surface area contributed by atoms with Crippen molar-refractivity contribution in [2.75, 3.05) is 0 Å². The first-order valence-corrected chi connectivity index (χ1v) is 7.24. The molecule has 0 spiro atoms. The fraction of sp³-hybridized carbons (Fsp3) is 0.0769. The molecule has 5 nitrogen and oxygen atoms in total. The minimum atomic E-state index is -0.436. The molecule has 3 N–H and O–H groups in total. The van der Waals surface area contributed by atoms with Crippen molar-refractivity contribution < 1.29 is 9.53 Å². The Morgan fingerprint density at radius 1 is 1.20 bits per heavy atom. The van der Waals surface area contributed by atoms with E-state index < -0.39 is 5.91 Å². The van der Waals surface area contributed by atoms with Crippen LogP contribution in [0.4, 0.5) is 0 Å². The van der Waals surface area contributed by atoms with Crippen LogP contribution in [0.3, 0.4) is 0 Å². The fourth-order valence-electron chi connectivity index (χ4n) is 1.53. The number of ether oxygens (including phenoxy) is 1. The van der Waals surface area contributed by atoms with Crippen LogP contribution in [0.5, 0.6) is 5.75 Å². The van der Waals surface area contributed by atoms with Gasteiger partial charge in [-0.2, -0.15) is 0 Å². The summed E-state index contributed by atoms with van der Waals surface area (Å²) in [5.41, 5.74) is 2.93. The Balaban J connectivity index is 2.13. The number of pyridine rings is 1. The predicted molar refractivity (Wildman–Crippen MR) is 82.1 cm³/mol. The second-order valence-electron chi connectivity index (χ2n) is 3.83. The van der Waals surface area contributed by atoms with Crippen LogP contribution in [0, 0.1) is 0 Å². The number of carbonyl (C=O) groups excluding carboxylic acids is 1. The summed E-state index contributed by atoms with van der Waals surface area (Å²) >= 11 is 6.83. The van der Waals surface area contributed by atoms with Gasteiger partial charge in [0.05, 0.1) is 14.6 Å². The van der Waals surface area contributed by atoms with E-state index in [-0.39, 0.29) is 12.3 Å². The molecule has 0 saturated heterocycles. The van der Waals surface area contributed by atoms with Crippen molar-refractivity contribution in [3.63, 3.8) is 0 Å². The molecule has 0 unspecified atom stereocenters. The summed E-state index contributed by atoms with van der Waals surface area (Å²) in [6.07, 6.45) is 0. The molecular formula is C13H11Br2N3O2. The lowest BCUT2D eigenvalue weighted by molar-refractivity contribution is 0.0948. The van der Waals surface area contributed by atoms with E-state index in [2.05, 4.69) is 36.8 Å². The van der Waals surface area contributed by atoms with Gasteiger partial charge in [-0.3, -0.25) is 10.2 Å². The Kier molecular flexibility index (Phi) is 5.11. The quantitative estimate of drug-likeness (QED) is 0.470. The summed E-state index contributed by atoms with van der Waals surface area (Å²) in [6.45, 7) is 0.243. The van der Waals surface area contributed by atoms with Crippen LogP contribution in [0.25, 0.3) is 0 Å². The molecule has 1 heterocycles. The summed E-state index contributed by atoms with van der Waals surface area (Å²) in [6, 6.07) is 10.7. The third kappa shape index (κ3) is 3.56. The molecule has 0 radical (unpaired) electrons. The van der Waals surface area contributed by atoms with E-state index in [1.165, 1.54) is 0 Å². The highest BCUT2D eigenvalue weighted by molar-refractivity contribution is 9.11. The number of nitrogens with two attached hydrogens (primary N) is 1. The average molecular weight is 401 g/mol. The Hall–Kier alpha value is -1.44. The summed E-state index contributed by atoms with van der Waals surface area (Å²) < 4.78 is 7.37. The largest absolute Gasteiger partial charge is 0.485 e. The molecular weight excluding hydrogens is 390 g/mol. The first-order valence-electron chi connectivity index (χ1n) is 5.65. The molecule has 0 saturated carbocycles. The van der Waals surface area contributed by atoms with Crippen molar-refractivity contribution >= 4 is 37.8 Å². The van der Waals surface area contributed by atoms with Gasteiger partial charge in [0.15, 0.2) is 0 Å². The average Bonchev–Trinajstić information content (AvgIpc) is 2.46. The lowest BCUT2D eigenvalue weighted by Crippen LogP contribution is -2.30. The van der Waals surface area contributed by atoms with Crippen molar-refractivity contribution in [1.82, 2.24) is 10.4 Å². The summed E-state index contributed by atoms with van der Waals surface area (Å²) in [5.74, 6) is 5.32. The lowest BCUT2D eigenvalue weighted by atomic mass is 10.3. The number of rotatable bonds is 4. The molecule has 7 heteroatoms. The highest BCUT2D eigenvalue weighted by Gasteiger charge is 2.09. The molecule has 2 rings (SSSR count). The van der Waals surface area contributed by atoms with Gasteiger partial charge in [-0.1, -0.05) is 12.1 Å². The summed E-state index contributed by atoms with van der Waals surface area (Å²) in [5, 5.41) is 0. The van der Waals surface area contributed by atoms with Crippen LogP contribution in [-0.2, 0) is 6.61 Å². The number of halogens is 2. The van der Waals surface area contributed by atoms with Gasteiger partial charge in [-0.15, -0.1) is 0 Å². The Morgan fingerprint density at radius 2 is 1.85 bits per heavy atom. The van der Waals surface area contributed by atoms with Crippen LogP contribution >= 0.6 is 31.9 Å². The Labute approximate surface area is 132 Å². The zero-order valence-corrected chi connectivity index (χ0v) is 13.4. The molecule has 1 aromatic heterocycles. The molecule has 2 aromatic rings. The van der Waals surface area contributed by atoms with Crippen molar-refractivity contribution in [3.8, 4) is 5.75 Å². The number of hydrazine groups is 1. The van der Waals surface area contributed by atoms with E-state index in [0.29, 0.717) is 11.4 Å². The van der Waals surface area contributed by atoms with E-state index in [9.17, 15) is 4.79 Å². The van der Waals surface area contributed by atoms with Gasteiger partial charge in [0, 0.05) is 0 Å². The Morgan fingerprint density at radius 3 is 2.50 bits per heavy atom. The zero-order chi connectivity index (χ0) is 14.5. The molecule has 0 bridgehead atoms. The summed E-state index contributed by atoms with van der Waals surface area (Å²) in [4.78, 5) is 15.6. The normalized spacial score (nSPS) is 10.2. The smallest absolute Gasteiger partial charge is 0.283 e. The van der Waals surface area contributed by atoms with Gasteiger partial charge in [0.2, 0.25) is 0 Å². The van der Waals surface area contributed by atoms with E-state index in [0.717, 1.165) is 8.95 Å². The van der Waals surface area contributed by atoms with Gasteiger partial charge >= 0.3 is 0 Å². The zero-order valence-electron chi connectivity index (χ0n) is 10.3. The van der Waals surface area contributed by atoms with Crippen molar-refractivity contribution in [2.45, 2.75) is 6.61 Å². The van der Waals surface area contributed by atoms with Gasteiger partial charge < -0.3 is 4.74 Å². The van der Waals surface area contributed by atoms with Gasteiger partial charge in [0.1, 0.15) is 18.1 Å². The first-order chi connectivity index (χ1) is 9.61. The molecule has 1 amide bonds. The molecule has 104 valence electrons. The van der Waals surface area contributed by atoms with Gasteiger partial charge in [0.25, 0.3) is 5.91 Å².